The monoisotopic (exact) mass is 393 g/mol. The first-order chi connectivity index (χ1) is 11.4. The molecule has 1 fully saturated rings. The summed E-state index contributed by atoms with van der Waals surface area (Å²) in [6.07, 6.45) is 0.759. The molecule has 0 aliphatic carbocycles. The summed E-state index contributed by atoms with van der Waals surface area (Å²) in [6.45, 7) is 4.76. The standard InChI is InChI=1S/C17H20BrN3O3/c1-3-15-14(11(2)24-20-15)8-19-16(22)21-9-17(23,10-21)12-5-4-6-13(18)7-12/h4-7,23H,3,8-10H2,1-2H3,(H,19,22). The molecule has 7 heteroatoms. The summed E-state index contributed by atoms with van der Waals surface area (Å²) in [6, 6.07) is 7.33. The van der Waals surface area contributed by atoms with Crippen molar-refractivity contribution in [3.05, 3.63) is 51.3 Å². The molecule has 1 aromatic heterocycles. The van der Waals surface area contributed by atoms with Crippen LogP contribution in [0.1, 0.15) is 29.5 Å². The number of aliphatic hydroxyl groups is 1. The van der Waals surface area contributed by atoms with E-state index in [1.54, 1.807) is 4.90 Å². The number of halogens is 1. The third-order valence-corrected chi connectivity index (χ3v) is 4.86. The second-order valence-corrected chi connectivity index (χ2v) is 6.99. The van der Waals surface area contributed by atoms with Crippen LogP contribution in [0.25, 0.3) is 0 Å². The minimum atomic E-state index is -0.983. The minimum Gasteiger partial charge on any atom is -0.381 e. The lowest BCUT2D eigenvalue weighted by molar-refractivity contribution is -0.0816. The molecular formula is C17H20BrN3O3. The molecule has 0 bridgehead atoms. The van der Waals surface area contributed by atoms with Crippen LogP contribution in [0.3, 0.4) is 0 Å². The van der Waals surface area contributed by atoms with E-state index >= 15 is 0 Å². The molecule has 24 heavy (non-hydrogen) atoms. The van der Waals surface area contributed by atoms with Gasteiger partial charge in [0.25, 0.3) is 0 Å². The number of carbonyl (C=O) groups excluding carboxylic acids is 1. The minimum absolute atomic E-state index is 0.197. The molecule has 2 N–H and O–H groups in total. The number of nitrogens with zero attached hydrogens (tertiary/aromatic N) is 2. The van der Waals surface area contributed by atoms with Crippen LogP contribution < -0.4 is 5.32 Å². The topological polar surface area (TPSA) is 78.6 Å². The number of likely N-dealkylation sites (tertiary alicyclic amines) is 1. The van der Waals surface area contributed by atoms with E-state index in [-0.39, 0.29) is 19.1 Å². The molecule has 128 valence electrons. The summed E-state index contributed by atoms with van der Waals surface area (Å²) in [7, 11) is 0. The molecule has 2 heterocycles. The van der Waals surface area contributed by atoms with E-state index in [1.165, 1.54) is 0 Å². The van der Waals surface area contributed by atoms with Crippen molar-refractivity contribution in [2.45, 2.75) is 32.4 Å². The average molecular weight is 394 g/mol. The van der Waals surface area contributed by atoms with Crippen molar-refractivity contribution in [2.75, 3.05) is 13.1 Å². The number of aryl methyl sites for hydroxylation is 2. The Balaban J connectivity index is 1.58. The van der Waals surface area contributed by atoms with E-state index in [2.05, 4.69) is 26.4 Å². The van der Waals surface area contributed by atoms with Gasteiger partial charge in [0.2, 0.25) is 0 Å². The van der Waals surface area contributed by atoms with Gasteiger partial charge in [0, 0.05) is 16.6 Å². The SMILES string of the molecule is CCc1noc(C)c1CNC(=O)N1CC(O)(c2cccc(Br)c2)C1. The summed E-state index contributed by atoms with van der Waals surface area (Å²) >= 11 is 3.40. The molecule has 0 saturated carbocycles. The fourth-order valence-electron chi connectivity index (χ4n) is 2.91. The number of carbonyl (C=O) groups is 1. The molecule has 0 unspecified atom stereocenters. The Bertz CT molecular complexity index is 753. The zero-order valence-electron chi connectivity index (χ0n) is 13.7. The Kier molecular flexibility index (Phi) is 4.64. The maximum absolute atomic E-state index is 12.3. The highest BCUT2D eigenvalue weighted by molar-refractivity contribution is 9.10. The first-order valence-electron chi connectivity index (χ1n) is 7.88. The van der Waals surface area contributed by atoms with Crippen molar-refractivity contribution in [1.29, 1.82) is 0 Å². The van der Waals surface area contributed by atoms with Crippen molar-refractivity contribution in [3.63, 3.8) is 0 Å². The van der Waals surface area contributed by atoms with Gasteiger partial charge < -0.3 is 19.8 Å². The Morgan fingerprint density at radius 3 is 2.92 bits per heavy atom. The predicted octanol–water partition coefficient (Wildman–Crippen LogP) is 2.72. The highest BCUT2D eigenvalue weighted by Crippen LogP contribution is 2.33. The second kappa shape index (κ2) is 6.57. The molecule has 0 atom stereocenters. The number of hydrogen-bond donors (Lipinski definition) is 2. The zero-order valence-corrected chi connectivity index (χ0v) is 15.3. The molecule has 1 aliphatic heterocycles. The van der Waals surface area contributed by atoms with Crippen molar-refractivity contribution in [3.8, 4) is 0 Å². The smallest absolute Gasteiger partial charge is 0.317 e. The van der Waals surface area contributed by atoms with E-state index in [0.717, 1.165) is 33.5 Å². The number of amides is 2. The zero-order chi connectivity index (χ0) is 17.3. The number of hydrogen-bond acceptors (Lipinski definition) is 4. The fraction of sp³-hybridized carbons (Fsp3) is 0.412. The Hall–Kier alpha value is -1.86. The molecule has 1 aliphatic rings. The number of urea groups is 1. The Morgan fingerprint density at radius 2 is 2.25 bits per heavy atom. The van der Waals surface area contributed by atoms with Crippen LogP contribution in [-0.2, 0) is 18.6 Å². The summed E-state index contributed by atoms with van der Waals surface area (Å²) in [5.41, 5.74) is 1.61. The van der Waals surface area contributed by atoms with E-state index in [1.807, 2.05) is 38.1 Å². The van der Waals surface area contributed by atoms with Crippen LogP contribution in [0.5, 0.6) is 0 Å². The van der Waals surface area contributed by atoms with Gasteiger partial charge in [0.1, 0.15) is 11.4 Å². The van der Waals surface area contributed by atoms with Gasteiger partial charge >= 0.3 is 6.03 Å². The quantitative estimate of drug-likeness (QED) is 0.836. The van der Waals surface area contributed by atoms with Crippen LogP contribution in [0.15, 0.2) is 33.3 Å². The molecule has 0 spiro atoms. The number of rotatable bonds is 4. The fourth-order valence-corrected chi connectivity index (χ4v) is 3.31. The third-order valence-electron chi connectivity index (χ3n) is 4.37. The summed E-state index contributed by atoms with van der Waals surface area (Å²) in [4.78, 5) is 13.9. The number of benzene rings is 1. The molecule has 2 amide bonds. The lowest BCUT2D eigenvalue weighted by Crippen LogP contribution is -2.63. The third kappa shape index (κ3) is 3.18. The van der Waals surface area contributed by atoms with E-state index in [0.29, 0.717) is 6.54 Å². The Labute approximate surface area is 149 Å². The maximum Gasteiger partial charge on any atom is 0.317 e. The van der Waals surface area contributed by atoms with E-state index in [4.69, 9.17) is 4.52 Å². The predicted molar refractivity (Wildman–Crippen MR) is 92.5 cm³/mol. The lowest BCUT2D eigenvalue weighted by Gasteiger charge is -2.46. The van der Waals surface area contributed by atoms with Crippen molar-refractivity contribution >= 4 is 22.0 Å². The normalized spacial score (nSPS) is 15.9. The van der Waals surface area contributed by atoms with Crippen molar-refractivity contribution in [1.82, 2.24) is 15.4 Å². The van der Waals surface area contributed by atoms with Crippen LogP contribution in [0, 0.1) is 6.92 Å². The maximum atomic E-state index is 12.3. The van der Waals surface area contributed by atoms with Gasteiger partial charge in [0.05, 0.1) is 18.8 Å². The molecule has 3 rings (SSSR count). The van der Waals surface area contributed by atoms with Crippen molar-refractivity contribution in [2.24, 2.45) is 0 Å². The van der Waals surface area contributed by atoms with Gasteiger partial charge in [-0.05, 0) is 31.0 Å². The largest absolute Gasteiger partial charge is 0.381 e. The van der Waals surface area contributed by atoms with Gasteiger partial charge in [-0.15, -0.1) is 0 Å². The van der Waals surface area contributed by atoms with Crippen LogP contribution in [-0.4, -0.2) is 34.3 Å². The summed E-state index contributed by atoms with van der Waals surface area (Å²) < 4.78 is 6.07. The summed E-state index contributed by atoms with van der Waals surface area (Å²) in [5, 5.41) is 17.5. The highest BCUT2D eigenvalue weighted by Gasteiger charge is 2.45. The molecule has 1 aromatic carbocycles. The molecule has 1 saturated heterocycles. The van der Waals surface area contributed by atoms with Gasteiger partial charge in [-0.2, -0.15) is 0 Å². The first kappa shape index (κ1) is 17.0. The van der Waals surface area contributed by atoms with E-state index < -0.39 is 5.60 Å². The van der Waals surface area contributed by atoms with Crippen molar-refractivity contribution < 1.29 is 14.4 Å². The number of aromatic nitrogens is 1. The van der Waals surface area contributed by atoms with Gasteiger partial charge in [-0.25, -0.2) is 4.79 Å². The average Bonchev–Trinajstić information content (AvgIpc) is 2.89. The van der Waals surface area contributed by atoms with Gasteiger partial charge in [-0.3, -0.25) is 0 Å². The molecule has 2 aromatic rings. The van der Waals surface area contributed by atoms with Crippen LogP contribution >= 0.6 is 15.9 Å². The lowest BCUT2D eigenvalue weighted by atomic mass is 9.86. The van der Waals surface area contributed by atoms with E-state index in [9.17, 15) is 9.90 Å². The van der Waals surface area contributed by atoms with Gasteiger partial charge in [-0.1, -0.05) is 40.1 Å². The number of nitrogens with one attached hydrogen (secondary N) is 1. The molecule has 6 nitrogen and oxygen atoms in total. The first-order valence-corrected chi connectivity index (χ1v) is 8.67. The summed E-state index contributed by atoms with van der Waals surface area (Å²) in [5.74, 6) is 0.724. The second-order valence-electron chi connectivity index (χ2n) is 6.07. The highest BCUT2D eigenvalue weighted by atomic mass is 79.9. The number of β-amino-alcohol motifs (C(OH)–C–C–N with tert-alkyl or cyclic N) is 1. The Morgan fingerprint density at radius 1 is 1.50 bits per heavy atom. The van der Waals surface area contributed by atoms with Crippen LogP contribution in [0.2, 0.25) is 0 Å². The molecule has 0 radical (unpaired) electrons. The van der Waals surface area contributed by atoms with Crippen LogP contribution in [0.4, 0.5) is 4.79 Å². The van der Waals surface area contributed by atoms with Gasteiger partial charge in [0.15, 0.2) is 0 Å². The molecular weight excluding hydrogens is 374 g/mol.